The molecule has 1 aliphatic rings. The van der Waals surface area contributed by atoms with Crippen LogP contribution >= 0.6 is 15.9 Å². The fourth-order valence-corrected chi connectivity index (χ4v) is 2.63. The summed E-state index contributed by atoms with van der Waals surface area (Å²) in [5.74, 6) is 0.922. The van der Waals surface area contributed by atoms with Crippen molar-refractivity contribution in [3.63, 3.8) is 0 Å². The van der Waals surface area contributed by atoms with Crippen molar-refractivity contribution in [3.05, 3.63) is 33.8 Å². The molecule has 0 bridgehead atoms. The maximum absolute atomic E-state index is 12.3. The number of ether oxygens (including phenoxy) is 1. The van der Waals surface area contributed by atoms with Gasteiger partial charge in [0.05, 0.1) is 5.57 Å². The second kappa shape index (κ2) is 7.09. The highest BCUT2D eigenvalue weighted by atomic mass is 79.9. The Bertz CT molecular complexity index is 554. The number of rotatable bonds is 5. The fraction of sp³-hybridized carbons (Fsp3) is 0.438. The number of halogens is 1. The molecule has 2 rings (SSSR count). The van der Waals surface area contributed by atoms with E-state index in [9.17, 15) is 4.79 Å². The van der Waals surface area contributed by atoms with Crippen molar-refractivity contribution in [1.82, 2.24) is 5.32 Å². The lowest BCUT2D eigenvalue weighted by Gasteiger charge is -2.24. The maximum atomic E-state index is 12.3. The van der Waals surface area contributed by atoms with Crippen LogP contribution < -0.4 is 10.1 Å². The number of hydrogen-bond donors (Lipinski definition) is 2. The lowest BCUT2D eigenvalue weighted by atomic mass is 10.00. The Morgan fingerprint density at radius 2 is 2.24 bits per heavy atom. The average molecular weight is 354 g/mol. The van der Waals surface area contributed by atoms with Gasteiger partial charge >= 0.3 is 0 Å². The van der Waals surface area contributed by atoms with Crippen molar-refractivity contribution < 1.29 is 14.6 Å². The molecular weight excluding hydrogens is 334 g/mol. The zero-order chi connectivity index (χ0) is 15.4. The first-order valence-corrected chi connectivity index (χ1v) is 7.85. The molecule has 21 heavy (non-hydrogen) atoms. The first-order valence-electron chi connectivity index (χ1n) is 7.06. The van der Waals surface area contributed by atoms with E-state index in [1.807, 2.05) is 38.1 Å². The van der Waals surface area contributed by atoms with Crippen LogP contribution in [0.3, 0.4) is 0 Å². The number of aliphatic hydroxyl groups excluding tert-OH is 1. The van der Waals surface area contributed by atoms with Crippen LogP contribution in [0.4, 0.5) is 0 Å². The number of aliphatic hydroxyl groups is 1. The highest BCUT2D eigenvalue weighted by Crippen LogP contribution is 2.29. The van der Waals surface area contributed by atoms with Crippen molar-refractivity contribution in [2.75, 3.05) is 13.2 Å². The Balaban J connectivity index is 2.13. The van der Waals surface area contributed by atoms with Crippen LogP contribution in [0.2, 0.25) is 0 Å². The highest BCUT2D eigenvalue weighted by molar-refractivity contribution is 9.10. The van der Waals surface area contributed by atoms with E-state index in [2.05, 4.69) is 21.2 Å². The third-order valence-corrected chi connectivity index (χ3v) is 4.03. The van der Waals surface area contributed by atoms with E-state index in [-0.39, 0.29) is 31.1 Å². The molecule has 4 nitrogen and oxygen atoms in total. The predicted octanol–water partition coefficient (Wildman–Crippen LogP) is 2.75. The van der Waals surface area contributed by atoms with Crippen molar-refractivity contribution >= 4 is 27.9 Å². The molecule has 0 saturated carbocycles. The van der Waals surface area contributed by atoms with Gasteiger partial charge in [-0.05, 0) is 36.6 Å². The molecule has 1 aromatic carbocycles. The molecule has 1 amide bonds. The monoisotopic (exact) mass is 353 g/mol. The van der Waals surface area contributed by atoms with E-state index < -0.39 is 0 Å². The quantitative estimate of drug-likeness (QED) is 0.855. The number of amides is 1. The van der Waals surface area contributed by atoms with Gasteiger partial charge in [0.25, 0.3) is 5.91 Å². The largest absolute Gasteiger partial charge is 0.488 e. The maximum Gasteiger partial charge on any atom is 0.250 e. The molecule has 1 aliphatic heterocycles. The molecule has 0 radical (unpaired) electrons. The second-order valence-electron chi connectivity index (χ2n) is 5.48. The smallest absolute Gasteiger partial charge is 0.250 e. The minimum atomic E-state index is -0.132. The van der Waals surface area contributed by atoms with E-state index >= 15 is 0 Å². The summed E-state index contributed by atoms with van der Waals surface area (Å²) in [4.78, 5) is 12.3. The Kier molecular flexibility index (Phi) is 5.42. The normalized spacial score (nSPS) is 15.0. The van der Waals surface area contributed by atoms with Crippen LogP contribution in [0.5, 0.6) is 5.75 Å². The van der Waals surface area contributed by atoms with Crippen molar-refractivity contribution in [3.8, 4) is 5.75 Å². The SMILES string of the molecule is CC(C)C(CCO)NC(=O)C1=Cc2cc(Br)ccc2OC1. The zero-order valence-corrected chi connectivity index (χ0v) is 13.8. The van der Waals surface area contributed by atoms with Gasteiger partial charge in [-0.25, -0.2) is 0 Å². The van der Waals surface area contributed by atoms with E-state index in [1.165, 1.54) is 0 Å². The van der Waals surface area contributed by atoms with Gasteiger partial charge in [-0.15, -0.1) is 0 Å². The minimum absolute atomic E-state index is 0.0349. The summed E-state index contributed by atoms with van der Waals surface area (Å²) < 4.78 is 6.56. The van der Waals surface area contributed by atoms with E-state index in [4.69, 9.17) is 9.84 Å². The third kappa shape index (κ3) is 4.08. The first-order chi connectivity index (χ1) is 10.0. The van der Waals surface area contributed by atoms with Gasteiger partial charge in [0.1, 0.15) is 12.4 Å². The van der Waals surface area contributed by atoms with Gasteiger partial charge in [0.2, 0.25) is 0 Å². The number of nitrogens with one attached hydrogen (secondary N) is 1. The Labute approximate surface area is 133 Å². The Morgan fingerprint density at radius 3 is 2.90 bits per heavy atom. The summed E-state index contributed by atoms with van der Waals surface area (Å²) in [6.07, 6.45) is 2.41. The number of hydrogen-bond acceptors (Lipinski definition) is 3. The predicted molar refractivity (Wildman–Crippen MR) is 86.1 cm³/mol. The molecule has 1 atom stereocenters. The fourth-order valence-electron chi connectivity index (χ4n) is 2.25. The summed E-state index contributed by atoms with van der Waals surface area (Å²) in [7, 11) is 0. The van der Waals surface area contributed by atoms with Crippen LogP contribution in [0.15, 0.2) is 28.2 Å². The molecule has 1 aromatic rings. The summed E-state index contributed by atoms with van der Waals surface area (Å²) >= 11 is 3.41. The molecule has 1 heterocycles. The first kappa shape index (κ1) is 16.0. The van der Waals surface area contributed by atoms with Crippen LogP contribution in [0.25, 0.3) is 6.08 Å². The summed E-state index contributed by atoms with van der Waals surface area (Å²) in [5, 5.41) is 12.0. The van der Waals surface area contributed by atoms with E-state index in [0.29, 0.717) is 12.0 Å². The summed E-state index contributed by atoms with van der Waals surface area (Å²) in [6, 6.07) is 5.68. The Hall–Kier alpha value is -1.33. The molecule has 0 saturated heterocycles. The van der Waals surface area contributed by atoms with Gasteiger partial charge in [0.15, 0.2) is 0 Å². The van der Waals surface area contributed by atoms with Gasteiger partial charge in [-0.1, -0.05) is 29.8 Å². The molecule has 0 aliphatic carbocycles. The molecule has 0 fully saturated rings. The molecule has 0 aromatic heterocycles. The third-order valence-electron chi connectivity index (χ3n) is 3.54. The zero-order valence-electron chi connectivity index (χ0n) is 12.2. The number of benzene rings is 1. The van der Waals surface area contributed by atoms with Gasteiger partial charge < -0.3 is 15.2 Å². The van der Waals surface area contributed by atoms with Crippen LogP contribution in [0, 0.1) is 5.92 Å². The summed E-state index contributed by atoms with van der Waals surface area (Å²) in [6.45, 7) is 4.39. The standard InChI is InChI=1S/C16H20BrNO3/c1-10(2)14(5-6-19)18-16(20)12-7-11-8-13(17)3-4-15(11)21-9-12/h3-4,7-8,10,14,19H,5-6,9H2,1-2H3,(H,18,20). The lowest BCUT2D eigenvalue weighted by molar-refractivity contribution is -0.118. The number of carbonyl (C=O) groups is 1. The second-order valence-corrected chi connectivity index (χ2v) is 6.39. The van der Waals surface area contributed by atoms with Gasteiger partial charge in [0, 0.05) is 22.7 Å². The van der Waals surface area contributed by atoms with Gasteiger partial charge in [-0.2, -0.15) is 0 Å². The molecule has 0 spiro atoms. The van der Waals surface area contributed by atoms with Crippen LogP contribution in [-0.2, 0) is 4.79 Å². The highest BCUT2D eigenvalue weighted by Gasteiger charge is 2.21. The number of fused-ring (bicyclic) bond motifs is 1. The van der Waals surface area contributed by atoms with Crippen molar-refractivity contribution in [1.29, 1.82) is 0 Å². The molecule has 114 valence electrons. The molecular formula is C16H20BrNO3. The molecule has 1 unspecified atom stereocenters. The van der Waals surface area contributed by atoms with Gasteiger partial charge in [-0.3, -0.25) is 4.79 Å². The molecule has 2 N–H and O–H groups in total. The van der Waals surface area contributed by atoms with Crippen molar-refractivity contribution in [2.45, 2.75) is 26.3 Å². The van der Waals surface area contributed by atoms with E-state index in [1.54, 1.807) is 0 Å². The topological polar surface area (TPSA) is 58.6 Å². The molecule has 5 heteroatoms. The van der Waals surface area contributed by atoms with Crippen molar-refractivity contribution in [2.24, 2.45) is 5.92 Å². The minimum Gasteiger partial charge on any atom is -0.488 e. The van der Waals surface area contributed by atoms with E-state index in [0.717, 1.165) is 15.8 Å². The van der Waals surface area contributed by atoms with Crippen LogP contribution in [0.1, 0.15) is 25.8 Å². The average Bonchev–Trinajstić information content (AvgIpc) is 2.45. The lowest BCUT2D eigenvalue weighted by Crippen LogP contribution is -2.41. The summed E-state index contributed by atoms with van der Waals surface area (Å²) in [5.41, 5.74) is 1.49. The number of carbonyl (C=O) groups excluding carboxylic acids is 1. The van der Waals surface area contributed by atoms with Crippen LogP contribution in [-0.4, -0.2) is 30.3 Å². The Morgan fingerprint density at radius 1 is 1.48 bits per heavy atom.